The van der Waals surface area contributed by atoms with Crippen molar-refractivity contribution in [3.8, 4) is 5.75 Å². The summed E-state index contributed by atoms with van der Waals surface area (Å²) in [5.41, 5.74) is 3.03. The van der Waals surface area contributed by atoms with E-state index in [9.17, 15) is 0 Å². The summed E-state index contributed by atoms with van der Waals surface area (Å²) >= 11 is 0. The van der Waals surface area contributed by atoms with E-state index < -0.39 is 0 Å². The molecule has 0 aliphatic rings. The van der Waals surface area contributed by atoms with Crippen LogP contribution in [0.3, 0.4) is 0 Å². The Morgan fingerprint density at radius 3 is 1.09 bits per heavy atom. The summed E-state index contributed by atoms with van der Waals surface area (Å²) in [5.74, 6) is 0.785. The maximum atomic E-state index is 4.86. The molecule has 0 saturated heterocycles. The Morgan fingerprint density at radius 1 is 0.543 bits per heavy atom. The molecule has 0 aliphatic heterocycles. The van der Waals surface area contributed by atoms with Crippen LogP contribution in [0.15, 0.2) is 72.8 Å². The Kier molecular flexibility index (Phi) is 18.6. The molecular weight excluding hydrogens is 643 g/mol. The smallest absolute Gasteiger partial charge is 0.523 e. The van der Waals surface area contributed by atoms with E-state index in [1.165, 1.54) is 10.6 Å². The minimum absolute atomic E-state index is 0. The summed E-state index contributed by atoms with van der Waals surface area (Å²) in [6, 6.07) is 33.9. The van der Waals surface area contributed by atoms with E-state index in [1.807, 2.05) is 48.5 Å². The van der Waals surface area contributed by atoms with Gasteiger partial charge in [-0.3, -0.25) is 0 Å². The van der Waals surface area contributed by atoms with Gasteiger partial charge in [-0.2, -0.15) is 78.9 Å². The van der Waals surface area contributed by atoms with E-state index in [2.05, 4.69) is 97.9 Å². The van der Waals surface area contributed by atoms with Gasteiger partial charge in [0, 0.05) is 5.75 Å². The molecule has 0 radical (unpaired) electrons. The number of benzene rings is 3. The quantitative estimate of drug-likeness (QED) is 0.180. The SMILES string of the molecule is CC(C)P(c1[c-]cccc1)C(C)C.CC(C)P(c1[c-]cccc1)C(C)C.COc1[c-]cccc1.[Ir+3]. The van der Waals surface area contributed by atoms with Gasteiger partial charge in [-0.1, -0.05) is 71.2 Å². The van der Waals surface area contributed by atoms with Crippen LogP contribution >= 0.6 is 15.8 Å². The summed E-state index contributed by atoms with van der Waals surface area (Å²) < 4.78 is 4.86. The molecule has 4 heteroatoms. The summed E-state index contributed by atoms with van der Waals surface area (Å²) in [5, 5.41) is 2.84. The predicted molar refractivity (Wildman–Crippen MR) is 156 cm³/mol. The number of para-hydroxylation sites is 1. The summed E-state index contributed by atoms with van der Waals surface area (Å²) in [6.45, 7) is 18.5. The van der Waals surface area contributed by atoms with Gasteiger partial charge >= 0.3 is 20.1 Å². The Hall–Kier alpha value is -1.03. The van der Waals surface area contributed by atoms with Gasteiger partial charge in [-0.15, -0.1) is 22.7 Å². The zero-order valence-electron chi connectivity index (χ0n) is 22.9. The Labute approximate surface area is 232 Å². The minimum Gasteiger partial charge on any atom is -0.523 e. The molecule has 3 aromatic carbocycles. The van der Waals surface area contributed by atoms with Gasteiger partial charge < -0.3 is 4.74 Å². The topological polar surface area (TPSA) is 9.23 Å². The van der Waals surface area contributed by atoms with Crippen LogP contribution in [0.1, 0.15) is 55.4 Å². The van der Waals surface area contributed by atoms with Gasteiger partial charge in [0.25, 0.3) is 0 Å². The molecule has 0 spiro atoms. The van der Waals surface area contributed by atoms with Crippen molar-refractivity contribution in [2.45, 2.75) is 78.0 Å². The van der Waals surface area contributed by atoms with Crippen LogP contribution in [0, 0.1) is 18.2 Å². The van der Waals surface area contributed by atoms with Crippen LogP contribution < -0.4 is 15.3 Å². The molecule has 1 nitrogen and oxygen atoms in total. The molecule has 0 bridgehead atoms. The zero-order chi connectivity index (χ0) is 25.5. The van der Waals surface area contributed by atoms with Crippen molar-refractivity contribution in [1.29, 1.82) is 0 Å². The van der Waals surface area contributed by atoms with E-state index in [0.717, 1.165) is 28.4 Å². The molecule has 0 heterocycles. The Bertz CT molecular complexity index is 797. The third-order valence-corrected chi connectivity index (χ3v) is 11.2. The van der Waals surface area contributed by atoms with Crippen LogP contribution in [0.25, 0.3) is 0 Å². The van der Waals surface area contributed by atoms with Gasteiger partial charge in [0.15, 0.2) is 0 Å². The monoisotopic (exact) mass is 686 g/mol. The molecule has 0 aromatic heterocycles. The molecule has 0 unspecified atom stereocenters. The van der Waals surface area contributed by atoms with E-state index in [0.29, 0.717) is 0 Å². The first kappa shape index (κ1) is 34.0. The number of ether oxygens (including phenoxy) is 1. The molecule has 0 aliphatic carbocycles. The maximum absolute atomic E-state index is 4.86. The first-order valence-electron chi connectivity index (χ1n) is 12.2. The summed E-state index contributed by atoms with van der Waals surface area (Å²) in [7, 11) is 1.57. The molecule has 3 aromatic rings. The molecular formula is C31H43IrOP2. The molecule has 0 atom stereocenters. The normalized spacial score (nSPS) is 10.6. The van der Waals surface area contributed by atoms with Gasteiger partial charge in [0.05, 0.1) is 7.11 Å². The van der Waals surface area contributed by atoms with Crippen molar-refractivity contribution in [2.24, 2.45) is 0 Å². The van der Waals surface area contributed by atoms with Crippen molar-refractivity contribution in [3.05, 3.63) is 91.0 Å². The van der Waals surface area contributed by atoms with Gasteiger partial charge in [0.2, 0.25) is 0 Å². The number of hydrogen-bond donors (Lipinski definition) is 0. The van der Waals surface area contributed by atoms with Crippen LogP contribution in [0.2, 0.25) is 0 Å². The van der Waals surface area contributed by atoms with Crippen molar-refractivity contribution >= 4 is 26.5 Å². The molecule has 35 heavy (non-hydrogen) atoms. The molecule has 0 fully saturated rings. The fraction of sp³-hybridized carbons (Fsp3) is 0.419. The van der Waals surface area contributed by atoms with E-state index in [4.69, 9.17) is 4.74 Å². The van der Waals surface area contributed by atoms with E-state index in [1.54, 1.807) is 7.11 Å². The molecule has 192 valence electrons. The third kappa shape index (κ3) is 13.2. The van der Waals surface area contributed by atoms with Crippen molar-refractivity contribution in [2.75, 3.05) is 7.11 Å². The zero-order valence-corrected chi connectivity index (χ0v) is 27.1. The van der Waals surface area contributed by atoms with Crippen LogP contribution in [0.4, 0.5) is 0 Å². The fourth-order valence-corrected chi connectivity index (χ4v) is 9.47. The van der Waals surface area contributed by atoms with Gasteiger partial charge in [0.1, 0.15) is 0 Å². The standard InChI is InChI=1S/2C12H18P.C7H7O.Ir/c2*1-10(2)13(11(3)4)12-8-6-5-7-9-12;1-8-7-5-3-2-4-6-7;/h2*5-8,10-11H,1-4H3;2-5H,1H3;/q3*-1;+3. The molecule has 0 N–H and O–H groups in total. The molecule has 3 rings (SSSR count). The van der Waals surface area contributed by atoms with E-state index >= 15 is 0 Å². The Morgan fingerprint density at radius 2 is 0.886 bits per heavy atom. The second kappa shape index (κ2) is 19.1. The second-order valence-corrected chi connectivity index (χ2v) is 15.8. The van der Waals surface area contributed by atoms with Crippen molar-refractivity contribution < 1.29 is 24.8 Å². The molecule has 0 saturated carbocycles. The van der Waals surface area contributed by atoms with Gasteiger partial charge in [-0.05, 0) is 22.6 Å². The van der Waals surface area contributed by atoms with E-state index in [-0.39, 0.29) is 35.9 Å². The maximum Gasteiger partial charge on any atom is 3.00 e. The average molecular weight is 686 g/mol. The summed E-state index contributed by atoms with van der Waals surface area (Å²) in [4.78, 5) is 0. The third-order valence-electron chi connectivity index (χ3n) is 5.07. The second-order valence-electron chi connectivity index (χ2n) is 9.12. The van der Waals surface area contributed by atoms with Crippen LogP contribution in [-0.2, 0) is 20.1 Å². The van der Waals surface area contributed by atoms with Crippen molar-refractivity contribution in [1.82, 2.24) is 0 Å². The molecule has 0 amide bonds. The van der Waals surface area contributed by atoms with Crippen LogP contribution in [-0.4, -0.2) is 29.7 Å². The average Bonchev–Trinajstić information content (AvgIpc) is 2.81. The first-order valence-corrected chi connectivity index (χ1v) is 15.2. The fourth-order valence-electron chi connectivity index (χ4n) is 3.90. The predicted octanol–water partition coefficient (Wildman–Crippen LogP) is 8.31. The number of rotatable bonds is 7. The van der Waals surface area contributed by atoms with Gasteiger partial charge in [-0.25, -0.2) is 0 Å². The summed E-state index contributed by atoms with van der Waals surface area (Å²) in [6.07, 6.45) is 0. The number of methoxy groups -OCH3 is 1. The largest absolute Gasteiger partial charge is 3.00 e. The minimum atomic E-state index is -0.0293. The first-order chi connectivity index (χ1) is 16.2. The number of hydrogen-bond acceptors (Lipinski definition) is 1. The van der Waals surface area contributed by atoms with Crippen LogP contribution in [0.5, 0.6) is 5.75 Å². The van der Waals surface area contributed by atoms with Crippen molar-refractivity contribution in [3.63, 3.8) is 0 Å². The Balaban J connectivity index is 0.000000503.